The van der Waals surface area contributed by atoms with Gasteiger partial charge in [-0.05, 0) is 43.7 Å². The summed E-state index contributed by atoms with van der Waals surface area (Å²) in [5, 5.41) is 6.91. The van der Waals surface area contributed by atoms with Gasteiger partial charge in [-0.3, -0.25) is 4.99 Å². The van der Waals surface area contributed by atoms with Crippen LogP contribution in [0.5, 0.6) is 5.75 Å². The van der Waals surface area contributed by atoms with Crippen molar-refractivity contribution >= 4 is 35.6 Å². The summed E-state index contributed by atoms with van der Waals surface area (Å²) in [6, 6.07) is 8.60. The molecule has 0 aromatic heterocycles. The normalized spacial score (nSPS) is 20.0. The summed E-state index contributed by atoms with van der Waals surface area (Å²) >= 11 is 0. The minimum absolute atomic E-state index is 0. The van der Waals surface area contributed by atoms with Gasteiger partial charge in [0.05, 0.1) is 19.4 Å². The van der Waals surface area contributed by atoms with Gasteiger partial charge in [-0.15, -0.1) is 24.0 Å². The maximum absolute atomic E-state index is 5.68. The van der Waals surface area contributed by atoms with Crippen LogP contribution in [-0.4, -0.2) is 59.0 Å². The predicted octanol–water partition coefficient (Wildman–Crippen LogP) is 2.87. The number of ether oxygens (including phenoxy) is 2. The Bertz CT molecular complexity index is 595. The SMILES string of the molecule is CN=C(NCCOCC1CC1)NC1CCCN(c2ccccc2OC)C1.I. The molecule has 2 N–H and O–H groups in total. The monoisotopic (exact) mass is 488 g/mol. The molecule has 1 aliphatic heterocycles. The number of anilines is 1. The van der Waals surface area contributed by atoms with Crippen molar-refractivity contribution in [1.29, 1.82) is 0 Å². The lowest BCUT2D eigenvalue weighted by Gasteiger charge is -2.36. The Morgan fingerprint density at radius 2 is 2.07 bits per heavy atom. The largest absolute Gasteiger partial charge is 0.495 e. The van der Waals surface area contributed by atoms with Crippen LogP contribution in [-0.2, 0) is 4.74 Å². The standard InChI is InChI=1S/C20H32N4O2.HI/c1-21-20(22-11-13-26-15-16-9-10-16)23-17-6-5-12-24(14-17)18-7-3-4-8-19(18)25-2;/h3-4,7-8,16-17H,5-6,9-15H2,1-2H3,(H2,21,22,23);1H. The van der Waals surface area contributed by atoms with Crippen LogP contribution >= 0.6 is 24.0 Å². The summed E-state index contributed by atoms with van der Waals surface area (Å²) in [5.41, 5.74) is 1.16. The minimum atomic E-state index is 0. The molecule has 27 heavy (non-hydrogen) atoms. The third-order valence-corrected chi connectivity index (χ3v) is 5.00. The van der Waals surface area contributed by atoms with Crippen LogP contribution in [0.4, 0.5) is 5.69 Å². The highest BCUT2D eigenvalue weighted by Gasteiger charge is 2.23. The Labute approximate surface area is 180 Å². The Balaban J connectivity index is 0.00000261. The summed E-state index contributed by atoms with van der Waals surface area (Å²) < 4.78 is 11.2. The van der Waals surface area contributed by atoms with Crippen LogP contribution < -0.4 is 20.3 Å². The fourth-order valence-corrected chi connectivity index (χ4v) is 3.37. The first kappa shape index (κ1) is 22.1. The molecule has 6 nitrogen and oxygen atoms in total. The van der Waals surface area contributed by atoms with Gasteiger partial charge in [-0.25, -0.2) is 0 Å². The summed E-state index contributed by atoms with van der Waals surface area (Å²) in [7, 11) is 3.55. The molecular weight excluding hydrogens is 455 g/mol. The van der Waals surface area contributed by atoms with Crippen LogP contribution in [0.25, 0.3) is 0 Å². The molecule has 3 rings (SSSR count). The highest BCUT2D eigenvalue weighted by Crippen LogP contribution is 2.30. The van der Waals surface area contributed by atoms with Crippen molar-refractivity contribution in [3.8, 4) is 5.75 Å². The van der Waals surface area contributed by atoms with E-state index in [2.05, 4.69) is 32.7 Å². The van der Waals surface area contributed by atoms with Crippen molar-refractivity contribution in [2.24, 2.45) is 10.9 Å². The number of halogens is 1. The number of piperidine rings is 1. The minimum Gasteiger partial charge on any atom is -0.495 e. The van der Waals surface area contributed by atoms with Crippen molar-refractivity contribution in [2.75, 3.05) is 51.9 Å². The number of benzene rings is 1. The topological polar surface area (TPSA) is 58.1 Å². The Morgan fingerprint density at radius 3 is 2.81 bits per heavy atom. The average molecular weight is 488 g/mol. The van der Waals surface area contributed by atoms with Gasteiger partial charge in [-0.2, -0.15) is 0 Å². The number of guanidine groups is 1. The van der Waals surface area contributed by atoms with E-state index in [1.54, 1.807) is 7.11 Å². The first-order chi connectivity index (χ1) is 12.8. The number of aliphatic imine (C=N–C) groups is 1. The second-order valence-electron chi connectivity index (χ2n) is 7.12. The lowest BCUT2D eigenvalue weighted by atomic mass is 10.0. The Morgan fingerprint density at radius 1 is 1.26 bits per heavy atom. The maximum atomic E-state index is 5.68. The van der Waals surface area contributed by atoms with E-state index in [1.807, 2.05) is 19.2 Å². The van der Waals surface area contributed by atoms with E-state index < -0.39 is 0 Å². The summed E-state index contributed by atoms with van der Waals surface area (Å²) in [4.78, 5) is 6.75. The van der Waals surface area contributed by atoms with Crippen LogP contribution in [0.3, 0.4) is 0 Å². The zero-order chi connectivity index (χ0) is 18.2. The molecule has 1 saturated heterocycles. The molecule has 1 heterocycles. The highest BCUT2D eigenvalue weighted by molar-refractivity contribution is 14.0. The first-order valence-corrected chi connectivity index (χ1v) is 9.73. The van der Waals surface area contributed by atoms with Gasteiger partial charge in [0.15, 0.2) is 5.96 Å². The molecular formula is C20H33IN4O2. The number of methoxy groups -OCH3 is 1. The fraction of sp³-hybridized carbons (Fsp3) is 0.650. The van der Waals surface area contributed by atoms with Crippen LogP contribution in [0.15, 0.2) is 29.3 Å². The van der Waals surface area contributed by atoms with Crippen molar-refractivity contribution in [3.63, 3.8) is 0 Å². The van der Waals surface area contributed by atoms with Gasteiger partial charge in [0.1, 0.15) is 5.75 Å². The lowest BCUT2D eigenvalue weighted by molar-refractivity contribution is 0.129. The molecule has 152 valence electrons. The second kappa shape index (κ2) is 11.6. The lowest BCUT2D eigenvalue weighted by Crippen LogP contribution is -2.51. The molecule has 7 heteroatoms. The molecule has 1 aromatic rings. The van der Waals surface area contributed by atoms with E-state index in [0.29, 0.717) is 6.04 Å². The van der Waals surface area contributed by atoms with E-state index in [0.717, 1.165) is 69.0 Å². The number of nitrogens with zero attached hydrogens (tertiary/aromatic N) is 2. The summed E-state index contributed by atoms with van der Waals surface area (Å²) in [5.74, 6) is 2.60. The number of hydrogen-bond donors (Lipinski definition) is 2. The predicted molar refractivity (Wildman–Crippen MR) is 122 cm³/mol. The number of rotatable bonds is 8. The average Bonchev–Trinajstić information content (AvgIpc) is 3.51. The van der Waals surface area contributed by atoms with E-state index in [-0.39, 0.29) is 24.0 Å². The summed E-state index contributed by atoms with van der Waals surface area (Å²) in [6.07, 6.45) is 4.96. The first-order valence-electron chi connectivity index (χ1n) is 9.73. The second-order valence-corrected chi connectivity index (χ2v) is 7.12. The van der Waals surface area contributed by atoms with Gasteiger partial charge >= 0.3 is 0 Å². The molecule has 1 unspecified atom stereocenters. The van der Waals surface area contributed by atoms with E-state index in [1.165, 1.54) is 12.8 Å². The van der Waals surface area contributed by atoms with Crippen LogP contribution in [0.2, 0.25) is 0 Å². The molecule has 0 bridgehead atoms. The number of para-hydroxylation sites is 2. The molecule has 0 radical (unpaired) electrons. The Kier molecular flexibility index (Phi) is 9.47. The molecule has 1 aliphatic carbocycles. The quantitative estimate of drug-likeness (QED) is 0.255. The molecule has 1 aromatic carbocycles. The molecule has 0 spiro atoms. The van der Waals surface area contributed by atoms with Gasteiger partial charge in [0.2, 0.25) is 0 Å². The third-order valence-electron chi connectivity index (χ3n) is 5.00. The molecule has 2 fully saturated rings. The number of nitrogens with one attached hydrogen (secondary N) is 2. The van der Waals surface area contributed by atoms with E-state index in [9.17, 15) is 0 Å². The maximum Gasteiger partial charge on any atom is 0.191 e. The van der Waals surface area contributed by atoms with Gasteiger partial charge in [0, 0.05) is 39.3 Å². The van der Waals surface area contributed by atoms with Gasteiger partial charge in [-0.1, -0.05) is 12.1 Å². The third kappa shape index (κ3) is 7.03. The Hall–Kier alpha value is -1.22. The molecule has 0 amide bonds. The van der Waals surface area contributed by atoms with Crippen molar-refractivity contribution in [1.82, 2.24) is 10.6 Å². The van der Waals surface area contributed by atoms with E-state index in [4.69, 9.17) is 9.47 Å². The molecule has 1 atom stereocenters. The smallest absolute Gasteiger partial charge is 0.191 e. The van der Waals surface area contributed by atoms with Crippen LogP contribution in [0, 0.1) is 5.92 Å². The number of hydrogen-bond acceptors (Lipinski definition) is 4. The van der Waals surface area contributed by atoms with Crippen molar-refractivity contribution < 1.29 is 9.47 Å². The zero-order valence-corrected chi connectivity index (χ0v) is 18.8. The van der Waals surface area contributed by atoms with Crippen LogP contribution in [0.1, 0.15) is 25.7 Å². The molecule has 1 saturated carbocycles. The van der Waals surface area contributed by atoms with Gasteiger partial charge < -0.3 is 25.0 Å². The fourth-order valence-electron chi connectivity index (χ4n) is 3.37. The van der Waals surface area contributed by atoms with Gasteiger partial charge in [0.25, 0.3) is 0 Å². The summed E-state index contributed by atoms with van der Waals surface area (Å²) in [6.45, 7) is 4.42. The van der Waals surface area contributed by atoms with Crippen molar-refractivity contribution in [3.05, 3.63) is 24.3 Å². The van der Waals surface area contributed by atoms with Crippen molar-refractivity contribution in [2.45, 2.75) is 31.7 Å². The molecule has 2 aliphatic rings. The van der Waals surface area contributed by atoms with E-state index >= 15 is 0 Å². The highest BCUT2D eigenvalue weighted by atomic mass is 127. The zero-order valence-electron chi connectivity index (χ0n) is 16.4.